The Kier molecular flexibility index (Phi) is 3.54. The van der Waals surface area contributed by atoms with Crippen LogP contribution in [0.15, 0.2) is 11.6 Å². The molecule has 1 amide bonds. The monoisotopic (exact) mass is 238 g/mol. The highest BCUT2D eigenvalue weighted by molar-refractivity contribution is 6.00. The molecule has 0 saturated carbocycles. The first-order valence-electron chi connectivity index (χ1n) is 6.43. The highest BCUT2D eigenvalue weighted by Gasteiger charge is 2.55. The van der Waals surface area contributed by atoms with Crippen LogP contribution in [0.1, 0.15) is 33.1 Å². The van der Waals surface area contributed by atoms with Crippen LogP contribution in [0, 0.1) is 0 Å². The molecule has 1 aliphatic carbocycles. The fraction of sp³-hybridized carbons (Fsp3) is 0.769. The Hall–Kier alpha value is -0.870. The molecule has 2 rings (SSSR count). The quantitative estimate of drug-likeness (QED) is 0.560. The molecule has 0 radical (unpaired) electrons. The summed E-state index contributed by atoms with van der Waals surface area (Å²) in [6, 6.07) is 0.179. The summed E-state index contributed by atoms with van der Waals surface area (Å²) < 4.78 is 5.92. The number of rotatable bonds is 6. The van der Waals surface area contributed by atoms with Crippen molar-refractivity contribution in [3.63, 3.8) is 0 Å². The van der Waals surface area contributed by atoms with E-state index in [9.17, 15) is 4.79 Å². The number of hydrogen-bond acceptors (Lipinski definition) is 3. The molecule has 4 heteroatoms. The van der Waals surface area contributed by atoms with Crippen molar-refractivity contribution in [2.75, 3.05) is 20.3 Å². The third-order valence-corrected chi connectivity index (χ3v) is 3.92. The van der Waals surface area contributed by atoms with Gasteiger partial charge in [0.25, 0.3) is 5.91 Å². The molecule has 2 aliphatic rings. The molecule has 17 heavy (non-hydrogen) atoms. The van der Waals surface area contributed by atoms with E-state index >= 15 is 0 Å². The number of nitrogens with one attached hydrogen (secondary N) is 1. The minimum absolute atomic E-state index is 0.123. The number of fused-ring (bicyclic) bond motifs is 2. The van der Waals surface area contributed by atoms with Gasteiger partial charge in [-0.25, -0.2) is 0 Å². The first-order valence-corrected chi connectivity index (χ1v) is 6.43. The van der Waals surface area contributed by atoms with Crippen LogP contribution >= 0.6 is 0 Å². The van der Waals surface area contributed by atoms with Crippen molar-refractivity contribution in [3.8, 4) is 0 Å². The van der Waals surface area contributed by atoms with Crippen LogP contribution in [0.25, 0.3) is 0 Å². The van der Waals surface area contributed by atoms with Gasteiger partial charge >= 0.3 is 0 Å². The van der Waals surface area contributed by atoms with Gasteiger partial charge in [0.2, 0.25) is 0 Å². The molecule has 1 N–H and O–H groups in total. The number of carbonyl (C=O) groups is 1. The number of hydrogen-bond donors (Lipinski definition) is 1. The summed E-state index contributed by atoms with van der Waals surface area (Å²) in [7, 11) is 1.86. The molecule has 0 aromatic heterocycles. The molecule has 2 atom stereocenters. The number of nitrogens with zero attached hydrogens (tertiary/aromatic N) is 1. The number of ether oxygens (including phenoxy) is 1. The number of likely N-dealkylation sites (N-methyl/N-ethyl adjacent to an activating group) is 1. The van der Waals surface area contributed by atoms with Crippen LogP contribution in [0.5, 0.6) is 0 Å². The lowest BCUT2D eigenvalue weighted by molar-refractivity contribution is -0.125. The van der Waals surface area contributed by atoms with E-state index in [4.69, 9.17) is 4.74 Å². The van der Waals surface area contributed by atoms with E-state index in [1.165, 1.54) is 6.42 Å². The van der Waals surface area contributed by atoms with E-state index < -0.39 is 5.60 Å². The summed E-state index contributed by atoms with van der Waals surface area (Å²) in [5.41, 5.74) is 0.424. The second-order valence-corrected chi connectivity index (χ2v) is 5.03. The predicted molar refractivity (Wildman–Crippen MR) is 66.5 cm³/mol. The molecular weight excluding hydrogens is 216 g/mol. The fourth-order valence-corrected chi connectivity index (χ4v) is 2.74. The molecule has 2 bridgehead atoms. The lowest BCUT2D eigenvalue weighted by atomic mass is 9.98. The molecule has 1 fully saturated rings. The Labute approximate surface area is 103 Å². The van der Waals surface area contributed by atoms with E-state index in [-0.39, 0.29) is 11.9 Å². The zero-order valence-corrected chi connectivity index (χ0v) is 11.0. The van der Waals surface area contributed by atoms with Crippen molar-refractivity contribution in [2.45, 2.75) is 44.8 Å². The SMILES string of the molecule is CCCCNCOC1(C)C2=CCC1N(C)C2=O. The molecule has 1 heterocycles. The van der Waals surface area contributed by atoms with Crippen molar-refractivity contribution >= 4 is 5.91 Å². The van der Waals surface area contributed by atoms with Gasteiger partial charge in [0.1, 0.15) is 5.60 Å². The second-order valence-electron chi connectivity index (χ2n) is 5.03. The van der Waals surface area contributed by atoms with Gasteiger partial charge in [-0.15, -0.1) is 0 Å². The maximum Gasteiger partial charge on any atom is 0.252 e. The Balaban J connectivity index is 1.89. The second kappa shape index (κ2) is 4.78. The van der Waals surface area contributed by atoms with Gasteiger partial charge in [0.15, 0.2) is 0 Å². The lowest BCUT2D eigenvalue weighted by Crippen LogP contribution is -2.43. The van der Waals surface area contributed by atoms with E-state index in [1.807, 2.05) is 20.0 Å². The van der Waals surface area contributed by atoms with Gasteiger partial charge < -0.3 is 9.64 Å². The van der Waals surface area contributed by atoms with Crippen LogP contribution in [0.3, 0.4) is 0 Å². The van der Waals surface area contributed by atoms with Crippen molar-refractivity contribution in [3.05, 3.63) is 11.6 Å². The zero-order chi connectivity index (χ0) is 12.5. The molecule has 0 aromatic carbocycles. The number of unbranched alkanes of at least 4 members (excludes halogenated alkanes) is 1. The van der Waals surface area contributed by atoms with Crippen molar-refractivity contribution in [2.24, 2.45) is 0 Å². The summed E-state index contributed by atoms with van der Waals surface area (Å²) in [5, 5.41) is 3.26. The van der Waals surface area contributed by atoms with Crippen molar-refractivity contribution in [1.29, 1.82) is 0 Å². The molecule has 0 spiro atoms. The predicted octanol–water partition coefficient (Wildman–Crippen LogP) is 1.28. The van der Waals surface area contributed by atoms with E-state index in [0.29, 0.717) is 6.73 Å². The smallest absolute Gasteiger partial charge is 0.252 e. The molecule has 2 unspecified atom stereocenters. The molecule has 0 aromatic rings. The van der Waals surface area contributed by atoms with Crippen molar-refractivity contribution < 1.29 is 9.53 Å². The minimum atomic E-state index is -0.412. The molecule has 1 saturated heterocycles. The first-order chi connectivity index (χ1) is 8.11. The van der Waals surface area contributed by atoms with Crippen LogP contribution in [0.4, 0.5) is 0 Å². The summed E-state index contributed by atoms with van der Waals surface area (Å²) in [6.45, 7) is 5.68. The Morgan fingerprint density at radius 3 is 3.00 bits per heavy atom. The largest absolute Gasteiger partial charge is 0.353 e. The molecule has 1 aliphatic heterocycles. The van der Waals surface area contributed by atoms with Gasteiger partial charge in [-0.05, 0) is 26.3 Å². The third-order valence-electron chi connectivity index (χ3n) is 3.92. The van der Waals surface area contributed by atoms with Crippen LogP contribution < -0.4 is 5.32 Å². The standard InChI is InChI=1S/C13H22N2O2/c1-4-5-8-14-9-17-13(2)10-6-7-11(13)15(3)12(10)16/h6,11,14H,4-5,7-9H2,1-3H3. The zero-order valence-electron chi connectivity index (χ0n) is 11.0. The Morgan fingerprint density at radius 2 is 2.41 bits per heavy atom. The van der Waals surface area contributed by atoms with Crippen LogP contribution in [-0.4, -0.2) is 42.8 Å². The normalized spacial score (nSPS) is 31.2. The number of likely N-dealkylation sites (tertiary alicyclic amines) is 1. The van der Waals surface area contributed by atoms with E-state index in [1.54, 1.807) is 4.90 Å². The third kappa shape index (κ3) is 2.00. The maximum absolute atomic E-state index is 11.9. The number of amides is 1. The van der Waals surface area contributed by atoms with Crippen LogP contribution in [0.2, 0.25) is 0 Å². The lowest BCUT2D eigenvalue weighted by Gasteiger charge is -2.29. The first kappa shape index (κ1) is 12.6. The molecule has 4 nitrogen and oxygen atoms in total. The van der Waals surface area contributed by atoms with Gasteiger partial charge in [-0.3, -0.25) is 10.1 Å². The maximum atomic E-state index is 11.9. The Bertz CT molecular complexity index is 340. The van der Waals surface area contributed by atoms with Gasteiger partial charge in [0.05, 0.1) is 12.8 Å². The molecular formula is C13H22N2O2. The summed E-state index contributed by atoms with van der Waals surface area (Å²) >= 11 is 0. The molecule has 96 valence electrons. The average Bonchev–Trinajstić information content (AvgIpc) is 2.71. The summed E-state index contributed by atoms with van der Waals surface area (Å²) in [5.74, 6) is 0.123. The summed E-state index contributed by atoms with van der Waals surface area (Å²) in [6.07, 6.45) is 5.28. The van der Waals surface area contributed by atoms with E-state index in [2.05, 4.69) is 12.2 Å². The number of carbonyl (C=O) groups excluding carboxylic acids is 1. The average molecular weight is 238 g/mol. The van der Waals surface area contributed by atoms with E-state index in [0.717, 1.165) is 25.0 Å². The fourth-order valence-electron chi connectivity index (χ4n) is 2.74. The topological polar surface area (TPSA) is 41.6 Å². The summed E-state index contributed by atoms with van der Waals surface area (Å²) in [4.78, 5) is 13.7. The van der Waals surface area contributed by atoms with Gasteiger partial charge in [-0.2, -0.15) is 0 Å². The van der Waals surface area contributed by atoms with Crippen molar-refractivity contribution in [1.82, 2.24) is 10.2 Å². The Morgan fingerprint density at radius 1 is 1.65 bits per heavy atom. The van der Waals surface area contributed by atoms with Crippen LogP contribution in [-0.2, 0) is 9.53 Å². The highest BCUT2D eigenvalue weighted by Crippen LogP contribution is 2.43. The van der Waals surface area contributed by atoms with Gasteiger partial charge in [-0.1, -0.05) is 19.4 Å². The van der Waals surface area contributed by atoms with Gasteiger partial charge in [0, 0.05) is 12.6 Å². The highest BCUT2D eigenvalue weighted by atomic mass is 16.5. The minimum Gasteiger partial charge on any atom is -0.353 e.